The van der Waals surface area contributed by atoms with E-state index in [0.29, 0.717) is 6.42 Å². The van der Waals surface area contributed by atoms with Crippen LogP contribution in [0.4, 0.5) is 0 Å². The Bertz CT molecular complexity index is 142. The highest BCUT2D eigenvalue weighted by molar-refractivity contribution is 4.69. The van der Waals surface area contributed by atoms with Crippen LogP contribution in [0.25, 0.3) is 0 Å². The minimum absolute atomic E-state index is 0.0820. The molecule has 0 aromatic carbocycles. The van der Waals surface area contributed by atoms with Crippen molar-refractivity contribution in [2.45, 2.75) is 51.0 Å². The fourth-order valence-electron chi connectivity index (χ4n) is 2.38. The Balaban J connectivity index is 2.03. The average molecular weight is 215 g/mol. The number of rotatable bonds is 7. The molecule has 15 heavy (non-hydrogen) atoms. The van der Waals surface area contributed by atoms with Gasteiger partial charge in [0.1, 0.15) is 0 Å². The second-order valence-electron chi connectivity index (χ2n) is 4.64. The van der Waals surface area contributed by atoms with Crippen LogP contribution in [0.3, 0.4) is 0 Å². The lowest BCUT2D eigenvalue weighted by Crippen LogP contribution is -2.34. The first-order valence-corrected chi connectivity index (χ1v) is 6.32. The van der Waals surface area contributed by atoms with Crippen LogP contribution in [0.5, 0.6) is 0 Å². The first-order chi connectivity index (χ1) is 7.36. The molecule has 3 nitrogen and oxygen atoms in total. The third-order valence-corrected chi connectivity index (χ3v) is 3.41. The third kappa shape index (κ3) is 5.50. The molecule has 0 bridgehead atoms. The summed E-state index contributed by atoms with van der Waals surface area (Å²) in [6.45, 7) is 1.27. The molecule has 0 heterocycles. The molecule has 1 atom stereocenters. The number of nitrogens with one attached hydrogen (secondary N) is 1. The van der Waals surface area contributed by atoms with Gasteiger partial charge in [-0.15, -0.1) is 0 Å². The fourth-order valence-corrected chi connectivity index (χ4v) is 2.38. The number of aliphatic hydroxyl groups excluding tert-OH is 2. The van der Waals surface area contributed by atoms with Crippen molar-refractivity contribution in [2.75, 3.05) is 19.8 Å². The average Bonchev–Trinajstić information content (AvgIpc) is 2.29. The molecule has 0 aliphatic heterocycles. The predicted molar refractivity (Wildman–Crippen MR) is 61.8 cm³/mol. The van der Waals surface area contributed by atoms with Gasteiger partial charge in [-0.25, -0.2) is 0 Å². The van der Waals surface area contributed by atoms with Crippen LogP contribution in [0.1, 0.15) is 44.9 Å². The highest BCUT2D eigenvalue weighted by atomic mass is 16.3. The first-order valence-electron chi connectivity index (χ1n) is 6.32. The molecule has 3 N–H and O–H groups in total. The van der Waals surface area contributed by atoms with Gasteiger partial charge in [-0.3, -0.25) is 0 Å². The van der Waals surface area contributed by atoms with Crippen molar-refractivity contribution in [3.8, 4) is 0 Å². The second kappa shape index (κ2) is 8.08. The Kier molecular flexibility index (Phi) is 6.98. The third-order valence-electron chi connectivity index (χ3n) is 3.41. The maximum absolute atomic E-state index is 9.02. The van der Waals surface area contributed by atoms with Crippen LogP contribution in [-0.4, -0.2) is 36.0 Å². The minimum atomic E-state index is 0.0820. The molecule has 0 amide bonds. The van der Waals surface area contributed by atoms with Crippen molar-refractivity contribution in [2.24, 2.45) is 5.92 Å². The summed E-state index contributed by atoms with van der Waals surface area (Å²) in [5.74, 6) is 0.889. The first kappa shape index (κ1) is 12.9. The summed E-state index contributed by atoms with van der Waals surface area (Å²) in [7, 11) is 0. The van der Waals surface area contributed by atoms with Gasteiger partial charge in [0.15, 0.2) is 0 Å². The molecular formula is C12H25NO2. The van der Waals surface area contributed by atoms with E-state index in [1.165, 1.54) is 38.5 Å². The van der Waals surface area contributed by atoms with E-state index in [2.05, 4.69) is 5.32 Å². The summed E-state index contributed by atoms with van der Waals surface area (Å²) in [5, 5.41) is 21.1. The number of aliphatic hydroxyl groups is 2. The molecule has 1 unspecified atom stereocenters. The molecule has 0 radical (unpaired) electrons. The molecule has 90 valence electrons. The number of hydrogen-bond acceptors (Lipinski definition) is 3. The van der Waals surface area contributed by atoms with E-state index in [9.17, 15) is 0 Å². The molecule has 0 aromatic heterocycles. The van der Waals surface area contributed by atoms with E-state index in [1.54, 1.807) is 0 Å². The van der Waals surface area contributed by atoms with Crippen molar-refractivity contribution in [3.63, 3.8) is 0 Å². The van der Waals surface area contributed by atoms with Gasteiger partial charge in [-0.2, -0.15) is 0 Å². The maximum atomic E-state index is 9.02. The van der Waals surface area contributed by atoms with Crippen molar-refractivity contribution in [1.82, 2.24) is 5.32 Å². The molecule has 0 spiro atoms. The zero-order valence-corrected chi connectivity index (χ0v) is 9.62. The summed E-state index contributed by atoms with van der Waals surface area (Å²) < 4.78 is 0. The Morgan fingerprint density at radius 1 is 1.13 bits per heavy atom. The Morgan fingerprint density at radius 2 is 1.87 bits per heavy atom. The molecule has 1 rings (SSSR count). The minimum Gasteiger partial charge on any atom is -0.396 e. The number of hydrogen-bond donors (Lipinski definition) is 3. The molecule has 0 saturated heterocycles. The van der Waals surface area contributed by atoms with Crippen molar-refractivity contribution < 1.29 is 10.2 Å². The molecule has 0 aromatic rings. The summed E-state index contributed by atoms with van der Waals surface area (Å²) in [6.07, 6.45) is 8.84. The van der Waals surface area contributed by atoms with Gasteiger partial charge in [0, 0.05) is 12.6 Å². The summed E-state index contributed by atoms with van der Waals surface area (Å²) in [6, 6.07) is 0.0820. The van der Waals surface area contributed by atoms with Crippen LogP contribution in [-0.2, 0) is 0 Å². The van der Waals surface area contributed by atoms with Gasteiger partial charge < -0.3 is 15.5 Å². The molecule has 1 fully saturated rings. The Labute approximate surface area is 92.9 Å². The summed E-state index contributed by atoms with van der Waals surface area (Å²) in [5.41, 5.74) is 0. The normalized spacial score (nSPS) is 20.4. The van der Waals surface area contributed by atoms with Gasteiger partial charge in [0.25, 0.3) is 0 Å². The zero-order valence-electron chi connectivity index (χ0n) is 9.62. The van der Waals surface area contributed by atoms with Gasteiger partial charge >= 0.3 is 0 Å². The fraction of sp³-hybridized carbons (Fsp3) is 1.00. The molecule has 1 aliphatic carbocycles. The van der Waals surface area contributed by atoms with Crippen molar-refractivity contribution in [1.29, 1.82) is 0 Å². The second-order valence-corrected chi connectivity index (χ2v) is 4.64. The van der Waals surface area contributed by atoms with Crippen LogP contribution >= 0.6 is 0 Å². The predicted octanol–water partition coefficient (Wildman–Crippen LogP) is 1.29. The summed E-state index contributed by atoms with van der Waals surface area (Å²) >= 11 is 0. The highest BCUT2D eigenvalue weighted by Crippen LogP contribution is 2.25. The molecule has 3 heteroatoms. The SMILES string of the molecule is OCCC(CO)NCCC1CCCCC1. The van der Waals surface area contributed by atoms with Gasteiger partial charge in [0.05, 0.1) is 6.61 Å². The van der Waals surface area contributed by atoms with E-state index in [4.69, 9.17) is 10.2 Å². The molecular weight excluding hydrogens is 190 g/mol. The van der Waals surface area contributed by atoms with E-state index < -0.39 is 0 Å². The maximum Gasteiger partial charge on any atom is 0.0585 e. The van der Waals surface area contributed by atoms with E-state index >= 15 is 0 Å². The summed E-state index contributed by atoms with van der Waals surface area (Å²) in [4.78, 5) is 0. The Hall–Kier alpha value is -0.120. The zero-order chi connectivity index (χ0) is 10.9. The van der Waals surface area contributed by atoms with E-state index in [1.807, 2.05) is 0 Å². The van der Waals surface area contributed by atoms with Crippen LogP contribution < -0.4 is 5.32 Å². The quantitative estimate of drug-likeness (QED) is 0.600. The highest BCUT2D eigenvalue weighted by Gasteiger charge is 2.13. The van der Waals surface area contributed by atoms with E-state index in [-0.39, 0.29) is 19.3 Å². The largest absolute Gasteiger partial charge is 0.396 e. The smallest absolute Gasteiger partial charge is 0.0585 e. The lowest BCUT2D eigenvalue weighted by molar-refractivity contribution is 0.197. The van der Waals surface area contributed by atoms with Gasteiger partial charge in [-0.05, 0) is 25.3 Å². The van der Waals surface area contributed by atoms with Crippen molar-refractivity contribution in [3.05, 3.63) is 0 Å². The lowest BCUT2D eigenvalue weighted by Gasteiger charge is -2.23. The molecule has 1 saturated carbocycles. The molecule has 1 aliphatic rings. The lowest BCUT2D eigenvalue weighted by atomic mass is 9.87. The van der Waals surface area contributed by atoms with Crippen LogP contribution in [0.15, 0.2) is 0 Å². The van der Waals surface area contributed by atoms with Crippen LogP contribution in [0.2, 0.25) is 0 Å². The van der Waals surface area contributed by atoms with Gasteiger partial charge in [0.2, 0.25) is 0 Å². The monoisotopic (exact) mass is 215 g/mol. The Morgan fingerprint density at radius 3 is 2.47 bits per heavy atom. The van der Waals surface area contributed by atoms with Crippen molar-refractivity contribution >= 4 is 0 Å². The topological polar surface area (TPSA) is 52.5 Å². The van der Waals surface area contributed by atoms with Gasteiger partial charge in [-0.1, -0.05) is 32.1 Å². The standard InChI is InChI=1S/C12H25NO2/c14-9-7-12(10-15)13-8-6-11-4-2-1-3-5-11/h11-15H,1-10H2. The van der Waals surface area contributed by atoms with Crippen LogP contribution in [0, 0.1) is 5.92 Å². The van der Waals surface area contributed by atoms with E-state index in [0.717, 1.165) is 12.5 Å².